The molecule has 0 saturated heterocycles. The fourth-order valence-corrected chi connectivity index (χ4v) is 3.11. The number of benzene rings is 1. The van der Waals surface area contributed by atoms with Gasteiger partial charge in [-0.15, -0.1) is 0 Å². The van der Waals surface area contributed by atoms with E-state index in [9.17, 15) is 10.2 Å². The third-order valence-corrected chi connectivity index (χ3v) is 4.46. The highest BCUT2D eigenvalue weighted by atomic mass is 35.5. The molecule has 0 amide bonds. The fourth-order valence-electron chi connectivity index (χ4n) is 2.94. The minimum atomic E-state index is -0.175. The van der Waals surface area contributed by atoms with Gasteiger partial charge in [-0.1, -0.05) is 16.8 Å². The summed E-state index contributed by atoms with van der Waals surface area (Å²) in [5.74, 6) is 1.10. The van der Waals surface area contributed by atoms with Gasteiger partial charge in [0.1, 0.15) is 17.3 Å². The molecular formula is C16H15ClN4O3. The zero-order chi connectivity index (χ0) is 16.7. The highest BCUT2D eigenvalue weighted by Crippen LogP contribution is 2.40. The van der Waals surface area contributed by atoms with E-state index in [1.165, 1.54) is 12.1 Å². The molecule has 4 rings (SSSR count). The number of phenolic OH excluding ortho intramolecular Hbond substituents is 2. The molecule has 24 heavy (non-hydrogen) atoms. The van der Waals surface area contributed by atoms with Crippen LogP contribution in [0, 0.1) is 0 Å². The predicted molar refractivity (Wildman–Crippen MR) is 86.7 cm³/mol. The Bertz CT molecular complexity index is 876. The number of halogens is 1. The minimum absolute atomic E-state index is 0.0981. The largest absolute Gasteiger partial charge is 0.507 e. The number of aromatic hydroxyl groups is 2. The van der Waals surface area contributed by atoms with Crippen LogP contribution in [0.4, 0.5) is 0 Å². The van der Waals surface area contributed by atoms with Crippen molar-refractivity contribution in [1.29, 1.82) is 0 Å². The average Bonchev–Trinajstić information content (AvgIpc) is 3.20. The molecule has 1 aromatic carbocycles. The summed E-state index contributed by atoms with van der Waals surface area (Å²) >= 11 is 5.96. The van der Waals surface area contributed by atoms with Gasteiger partial charge in [0.05, 0.1) is 22.8 Å². The number of hydrogen-bond acceptors (Lipinski definition) is 6. The van der Waals surface area contributed by atoms with Crippen LogP contribution in [0.1, 0.15) is 17.1 Å². The summed E-state index contributed by atoms with van der Waals surface area (Å²) in [5, 5.41) is 24.0. The van der Waals surface area contributed by atoms with E-state index in [4.69, 9.17) is 16.1 Å². The van der Waals surface area contributed by atoms with E-state index in [2.05, 4.69) is 20.0 Å². The monoisotopic (exact) mass is 346 g/mol. The Morgan fingerprint density at radius 1 is 1.29 bits per heavy atom. The molecule has 3 heterocycles. The summed E-state index contributed by atoms with van der Waals surface area (Å²) in [5.41, 5.74) is 2.22. The lowest BCUT2D eigenvalue weighted by Gasteiger charge is -2.25. The summed E-state index contributed by atoms with van der Waals surface area (Å²) in [6, 6.07) is 2.69. The van der Waals surface area contributed by atoms with Gasteiger partial charge in [0.25, 0.3) is 0 Å². The van der Waals surface area contributed by atoms with E-state index >= 15 is 0 Å². The van der Waals surface area contributed by atoms with Crippen LogP contribution >= 0.6 is 11.6 Å². The molecule has 0 fully saturated rings. The third-order valence-electron chi connectivity index (χ3n) is 4.15. The van der Waals surface area contributed by atoms with Crippen LogP contribution in [0.3, 0.4) is 0 Å². The van der Waals surface area contributed by atoms with Gasteiger partial charge in [-0.3, -0.25) is 4.90 Å². The quantitative estimate of drug-likeness (QED) is 0.674. The van der Waals surface area contributed by atoms with Gasteiger partial charge in [0.2, 0.25) is 0 Å². The molecule has 1 aliphatic heterocycles. The second kappa shape index (κ2) is 5.85. The lowest BCUT2D eigenvalue weighted by atomic mass is 10.0. The number of nitrogens with one attached hydrogen (secondary N) is 1. The Morgan fingerprint density at radius 3 is 2.96 bits per heavy atom. The van der Waals surface area contributed by atoms with E-state index in [0.717, 1.165) is 30.0 Å². The number of aromatic nitrogens is 3. The van der Waals surface area contributed by atoms with Crippen LogP contribution in [0.25, 0.3) is 11.3 Å². The standard InChI is InChI=1S/C16H15ClN4O3/c17-11-5-9(13(22)6-14(11)23)16-10-7-21(4-1-12(10)20-24-16)8-15-18-2-3-19-15/h2-3,5-6,22-23H,1,4,7-8H2,(H,18,19). The van der Waals surface area contributed by atoms with Crippen LogP contribution in [0.2, 0.25) is 5.02 Å². The van der Waals surface area contributed by atoms with Crippen LogP contribution < -0.4 is 0 Å². The second-order valence-electron chi connectivity index (χ2n) is 5.75. The summed E-state index contributed by atoms with van der Waals surface area (Å²) < 4.78 is 5.46. The summed E-state index contributed by atoms with van der Waals surface area (Å²) in [7, 11) is 0. The maximum atomic E-state index is 10.1. The highest BCUT2D eigenvalue weighted by molar-refractivity contribution is 6.32. The first-order valence-electron chi connectivity index (χ1n) is 7.51. The first-order chi connectivity index (χ1) is 11.6. The van der Waals surface area contributed by atoms with Gasteiger partial charge < -0.3 is 19.7 Å². The number of rotatable bonds is 3. The Kier molecular flexibility index (Phi) is 3.66. The van der Waals surface area contributed by atoms with Gasteiger partial charge in [-0.2, -0.15) is 0 Å². The normalized spacial score (nSPS) is 14.7. The molecule has 3 N–H and O–H groups in total. The highest BCUT2D eigenvalue weighted by Gasteiger charge is 2.27. The minimum Gasteiger partial charge on any atom is -0.507 e. The topological polar surface area (TPSA) is 98.4 Å². The lowest BCUT2D eigenvalue weighted by Crippen LogP contribution is -2.30. The Balaban J connectivity index is 1.67. The number of imidazole rings is 1. The first-order valence-corrected chi connectivity index (χ1v) is 7.89. The van der Waals surface area contributed by atoms with Gasteiger partial charge in [-0.25, -0.2) is 4.98 Å². The Labute approximate surface area is 142 Å². The Hall–Kier alpha value is -2.51. The number of aromatic amines is 1. The van der Waals surface area contributed by atoms with Crippen LogP contribution in [0.15, 0.2) is 29.0 Å². The van der Waals surface area contributed by atoms with E-state index in [1.807, 2.05) is 0 Å². The number of phenols is 2. The van der Waals surface area contributed by atoms with Crippen LogP contribution in [-0.4, -0.2) is 36.8 Å². The molecule has 2 aromatic heterocycles. The van der Waals surface area contributed by atoms with E-state index < -0.39 is 0 Å². The maximum Gasteiger partial charge on any atom is 0.175 e. The van der Waals surface area contributed by atoms with E-state index in [1.54, 1.807) is 12.4 Å². The zero-order valence-electron chi connectivity index (χ0n) is 12.7. The van der Waals surface area contributed by atoms with E-state index in [0.29, 0.717) is 24.4 Å². The van der Waals surface area contributed by atoms with E-state index in [-0.39, 0.29) is 16.5 Å². The number of H-pyrrole nitrogens is 1. The molecule has 8 heteroatoms. The molecule has 0 aliphatic carbocycles. The molecule has 0 spiro atoms. The third kappa shape index (κ3) is 2.61. The molecule has 7 nitrogen and oxygen atoms in total. The van der Waals surface area contributed by atoms with Crippen LogP contribution in [0.5, 0.6) is 11.5 Å². The molecule has 0 atom stereocenters. The molecule has 0 bridgehead atoms. The molecule has 0 saturated carbocycles. The molecular weight excluding hydrogens is 332 g/mol. The van der Waals surface area contributed by atoms with Gasteiger partial charge in [0.15, 0.2) is 5.76 Å². The van der Waals surface area contributed by atoms with Crippen LogP contribution in [-0.2, 0) is 19.5 Å². The molecule has 3 aromatic rings. The maximum absolute atomic E-state index is 10.1. The SMILES string of the molecule is Oc1cc(O)c(-c2onc3c2CN(Cc2ncc[nH]2)CC3)cc1Cl. The van der Waals surface area contributed by atoms with Crippen molar-refractivity contribution in [3.05, 3.63) is 46.6 Å². The smallest absolute Gasteiger partial charge is 0.175 e. The van der Waals surface area contributed by atoms with Crippen molar-refractivity contribution in [1.82, 2.24) is 20.0 Å². The Morgan fingerprint density at radius 2 is 2.17 bits per heavy atom. The molecule has 0 radical (unpaired) electrons. The second-order valence-corrected chi connectivity index (χ2v) is 6.16. The van der Waals surface area contributed by atoms with Crippen molar-refractivity contribution in [2.75, 3.05) is 6.54 Å². The summed E-state index contributed by atoms with van der Waals surface area (Å²) in [6.07, 6.45) is 4.28. The van der Waals surface area contributed by atoms with Gasteiger partial charge in [-0.05, 0) is 6.07 Å². The number of nitrogens with zero attached hydrogens (tertiary/aromatic N) is 3. The van der Waals surface area contributed by atoms with Crippen molar-refractivity contribution in [2.24, 2.45) is 0 Å². The molecule has 1 aliphatic rings. The number of fused-ring (bicyclic) bond motifs is 1. The fraction of sp³-hybridized carbons (Fsp3) is 0.250. The van der Waals surface area contributed by atoms with Gasteiger partial charge >= 0.3 is 0 Å². The van der Waals surface area contributed by atoms with Crippen molar-refractivity contribution in [2.45, 2.75) is 19.5 Å². The zero-order valence-corrected chi connectivity index (χ0v) is 13.4. The summed E-state index contributed by atoms with van der Waals surface area (Å²) in [4.78, 5) is 9.57. The van der Waals surface area contributed by atoms with Crippen molar-refractivity contribution in [3.8, 4) is 22.8 Å². The average molecular weight is 347 g/mol. The van der Waals surface area contributed by atoms with Crippen molar-refractivity contribution < 1.29 is 14.7 Å². The van der Waals surface area contributed by atoms with Crippen molar-refractivity contribution >= 4 is 11.6 Å². The number of hydrogen-bond donors (Lipinski definition) is 3. The predicted octanol–water partition coefficient (Wildman–Crippen LogP) is 2.69. The first kappa shape index (κ1) is 15.0. The van der Waals surface area contributed by atoms with Crippen molar-refractivity contribution in [3.63, 3.8) is 0 Å². The summed E-state index contributed by atoms with van der Waals surface area (Å²) in [6.45, 7) is 2.17. The molecule has 0 unspecified atom stereocenters. The lowest BCUT2D eigenvalue weighted by molar-refractivity contribution is 0.239. The molecule has 124 valence electrons. The van der Waals surface area contributed by atoms with Gasteiger partial charge in [0, 0.05) is 43.5 Å².